The van der Waals surface area contributed by atoms with E-state index in [1.807, 2.05) is 0 Å². The van der Waals surface area contributed by atoms with Crippen molar-refractivity contribution in [2.75, 3.05) is 13.2 Å². The second-order valence-electron chi connectivity index (χ2n) is 6.07. The zero-order valence-electron chi connectivity index (χ0n) is 12.1. The minimum atomic E-state index is -3.91. The number of hydrogen-bond donors (Lipinski definition) is 3. The van der Waals surface area contributed by atoms with E-state index >= 15 is 0 Å². The smallest absolute Gasteiger partial charge is 0.322 e. The number of aliphatic hydroxyl groups is 1. The average molecular weight is 320 g/mol. The van der Waals surface area contributed by atoms with Crippen LogP contribution in [0, 0.1) is 0 Å². The molecule has 21 heavy (non-hydrogen) atoms. The molecule has 1 saturated carbocycles. The minimum absolute atomic E-state index is 0.216. The lowest BCUT2D eigenvalue weighted by Crippen LogP contribution is -2.60. The van der Waals surface area contributed by atoms with Gasteiger partial charge in [-0.3, -0.25) is 4.79 Å². The average Bonchev–Trinajstić information content (AvgIpc) is 2.47. The van der Waals surface area contributed by atoms with Crippen molar-refractivity contribution in [1.29, 1.82) is 0 Å². The van der Waals surface area contributed by atoms with Gasteiger partial charge in [0, 0.05) is 6.54 Å². The highest BCUT2D eigenvalue weighted by Gasteiger charge is 2.42. The number of aliphatic carboxylic acids is 1. The molecule has 2 fully saturated rings. The third-order valence-corrected chi connectivity index (χ3v) is 6.25. The summed E-state index contributed by atoms with van der Waals surface area (Å²) in [6, 6.07) is -1.00. The summed E-state index contributed by atoms with van der Waals surface area (Å²) in [5.41, 5.74) is -0.836. The van der Waals surface area contributed by atoms with Crippen LogP contribution in [0.2, 0.25) is 0 Å². The van der Waals surface area contributed by atoms with Crippen molar-refractivity contribution in [2.45, 2.75) is 62.9 Å². The highest BCUT2D eigenvalue weighted by molar-refractivity contribution is 7.87. The predicted molar refractivity (Wildman–Crippen MR) is 76.9 cm³/mol. The summed E-state index contributed by atoms with van der Waals surface area (Å²) in [6.07, 6.45) is 5.66. The van der Waals surface area contributed by atoms with Gasteiger partial charge in [-0.15, -0.1) is 0 Å². The Morgan fingerprint density at radius 3 is 2.43 bits per heavy atom. The van der Waals surface area contributed by atoms with Crippen molar-refractivity contribution < 1.29 is 23.4 Å². The number of hydrogen-bond acceptors (Lipinski definition) is 4. The molecule has 0 amide bonds. The largest absolute Gasteiger partial charge is 0.480 e. The maximum Gasteiger partial charge on any atom is 0.322 e. The normalized spacial score (nSPS) is 27.4. The molecule has 8 heteroatoms. The second kappa shape index (κ2) is 6.60. The zero-order valence-corrected chi connectivity index (χ0v) is 12.9. The molecular formula is C13H24N2O5S. The molecule has 2 rings (SSSR count). The summed E-state index contributed by atoms with van der Waals surface area (Å²) in [5.74, 6) is -1.11. The van der Waals surface area contributed by atoms with Crippen molar-refractivity contribution >= 4 is 16.2 Å². The Morgan fingerprint density at radius 2 is 1.86 bits per heavy atom. The monoisotopic (exact) mass is 320 g/mol. The fourth-order valence-corrected chi connectivity index (χ4v) is 5.13. The molecule has 1 heterocycles. The lowest BCUT2D eigenvalue weighted by Gasteiger charge is -2.39. The van der Waals surface area contributed by atoms with Crippen LogP contribution in [-0.2, 0) is 15.0 Å². The number of aliphatic hydroxyl groups excluding tert-OH is 1. The Labute approximate surface area is 125 Å². The van der Waals surface area contributed by atoms with Gasteiger partial charge in [-0.2, -0.15) is 17.4 Å². The van der Waals surface area contributed by atoms with Gasteiger partial charge in [-0.1, -0.05) is 19.3 Å². The molecule has 1 saturated heterocycles. The first kappa shape index (κ1) is 16.7. The molecule has 0 aromatic carbocycles. The quantitative estimate of drug-likeness (QED) is 0.682. The van der Waals surface area contributed by atoms with Crippen LogP contribution < -0.4 is 4.72 Å². The van der Waals surface area contributed by atoms with Gasteiger partial charge in [0.1, 0.15) is 6.04 Å². The predicted octanol–water partition coefficient (Wildman–Crippen LogP) is 0.455. The van der Waals surface area contributed by atoms with E-state index in [2.05, 4.69) is 4.72 Å². The van der Waals surface area contributed by atoms with Gasteiger partial charge in [0.25, 0.3) is 10.2 Å². The van der Waals surface area contributed by atoms with Crippen molar-refractivity contribution in [3.8, 4) is 0 Å². The van der Waals surface area contributed by atoms with Crippen LogP contribution in [0.3, 0.4) is 0 Å². The van der Waals surface area contributed by atoms with E-state index in [0.717, 1.165) is 23.6 Å². The number of carboxylic acids is 1. The third kappa shape index (κ3) is 3.74. The first-order valence-corrected chi connectivity index (χ1v) is 8.99. The Morgan fingerprint density at radius 1 is 1.19 bits per heavy atom. The Kier molecular flexibility index (Phi) is 5.24. The maximum absolute atomic E-state index is 12.6. The van der Waals surface area contributed by atoms with Crippen LogP contribution in [0.1, 0.15) is 51.4 Å². The topological polar surface area (TPSA) is 107 Å². The first-order valence-electron chi connectivity index (χ1n) is 7.55. The standard InChI is InChI=1S/C13H24N2O5S/c16-10-13(7-3-1-4-8-13)14-21(19,20)15-9-5-2-6-11(15)12(17)18/h11,14,16H,1-10H2,(H,17,18). The first-order chi connectivity index (χ1) is 9.90. The molecule has 0 aromatic rings. The van der Waals surface area contributed by atoms with E-state index in [4.69, 9.17) is 0 Å². The fourth-order valence-electron chi connectivity index (χ4n) is 3.29. The lowest BCUT2D eigenvalue weighted by molar-refractivity contribution is -0.142. The molecule has 3 N–H and O–H groups in total. The van der Waals surface area contributed by atoms with Crippen LogP contribution >= 0.6 is 0 Å². The third-order valence-electron chi connectivity index (χ3n) is 4.51. The molecule has 1 aliphatic heterocycles. The summed E-state index contributed by atoms with van der Waals surface area (Å²) < 4.78 is 28.8. The van der Waals surface area contributed by atoms with Gasteiger partial charge in [0.05, 0.1) is 12.1 Å². The van der Waals surface area contributed by atoms with Crippen LogP contribution in [0.4, 0.5) is 0 Å². The second-order valence-corrected chi connectivity index (χ2v) is 7.69. The number of carbonyl (C=O) groups is 1. The SMILES string of the molecule is O=C(O)C1CCCCN1S(=O)(=O)NC1(CO)CCCCC1. The number of rotatable bonds is 5. The Hall–Kier alpha value is -0.700. The molecule has 0 spiro atoms. The molecule has 1 atom stereocenters. The van der Waals surface area contributed by atoms with Crippen molar-refractivity contribution in [3.05, 3.63) is 0 Å². The highest BCUT2D eigenvalue weighted by atomic mass is 32.2. The van der Waals surface area contributed by atoms with Crippen LogP contribution in [0.25, 0.3) is 0 Å². The molecular weight excluding hydrogens is 296 g/mol. The van der Waals surface area contributed by atoms with Crippen LogP contribution in [0.5, 0.6) is 0 Å². The lowest BCUT2D eigenvalue weighted by atomic mass is 9.83. The molecule has 0 radical (unpaired) electrons. The Balaban J connectivity index is 2.17. The van der Waals surface area contributed by atoms with Crippen LogP contribution in [0.15, 0.2) is 0 Å². The number of piperidine rings is 1. The van der Waals surface area contributed by atoms with E-state index in [-0.39, 0.29) is 13.2 Å². The zero-order chi connectivity index (χ0) is 15.5. The van der Waals surface area contributed by atoms with Gasteiger partial charge in [0.2, 0.25) is 0 Å². The molecule has 0 aromatic heterocycles. The van der Waals surface area contributed by atoms with Gasteiger partial charge in [-0.05, 0) is 32.1 Å². The number of nitrogens with one attached hydrogen (secondary N) is 1. The van der Waals surface area contributed by atoms with E-state index < -0.39 is 27.8 Å². The van der Waals surface area contributed by atoms with Gasteiger partial charge in [0.15, 0.2) is 0 Å². The van der Waals surface area contributed by atoms with Gasteiger partial charge >= 0.3 is 5.97 Å². The van der Waals surface area contributed by atoms with Crippen molar-refractivity contribution in [2.24, 2.45) is 0 Å². The van der Waals surface area contributed by atoms with E-state index in [0.29, 0.717) is 32.1 Å². The fraction of sp³-hybridized carbons (Fsp3) is 0.923. The molecule has 1 unspecified atom stereocenters. The van der Waals surface area contributed by atoms with Gasteiger partial charge in [-0.25, -0.2) is 0 Å². The minimum Gasteiger partial charge on any atom is -0.480 e. The summed E-state index contributed by atoms with van der Waals surface area (Å²) in [5, 5.41) is 18.8. The summed E-state index contributed by atoms with van der Waals surface area (Å²) in [4.78, 5) is 11.3. The molecule has 0 bridgehead atoms. The maximum atomic E-state index is 12.6. The van der Waals surface area contributed by atoms with E-state index in [1.54, 1.807) is 0 Å². The molecule has 2 aliphatic rings. The van der Waals surface area contributed by atoms with Gasteiger partial charge < -0.3 is 10.2 Å². The van der Waals surface area contributed by atoms with E-state index in [1.165, 1.54) is 0 Å². The molecule has 1 aliphatic carbocycles. The van der Waals surface area contributed by atoms with E-state index in [9.17, 15) is 23.4 Å². The van der Waals surface area contributed by atoms with Crippen LogP contribution in [-0.4, -0.2) is 53.6 Å². The van der Waals surface area contributed by atoms with Crippen molar-refractivity contribution in [1.82, 2.24) is 9.03 Å². The number of nitrogens with zero attached hydrogens (tertiary/aromatic N) is 1. The Bertz CT molecular complexity index is 473. The summed E-state index contributed by atoms with van der Waals surface area (Å²) in [6.45, 7) is -0.0361. The van der Waals surface area contributed by atoms with Crippen molar-refractivity contribution in [3.63, 3.8) is 0 Å². The summed E-state index contributed by atoms with van der Waals surface area (Å²) >= 11 is 0. The summed E-state index contributed by atoms with van der Waals surface area (Å²) in [7, 11) is -3.91. The molecule has 7 nitrogen and oxygen atoms in total. The number of carboxylic acid groups (broad SMARTS) is 1. The highest BCUT2D eigenvalue weighted by Crippen LogP contribution is 2.30. The molecule has 122 valence electrons.